The molecule has 1 heterocycles. The summed E-state index contributed by atoms with van der Waals surface area (Å²) in [6, 6.07) is 10.9. The number of pyridine rings is 1. The Labute approximate surface area is 155 Å². The van der Waals surface area contributed by atoms with Gasteiger partial charge in [0.25, 0.3) is 11.8 Å². The molecule has 0 saturated heterocycles. The van der Waals surface area contributed by atoms with Crippen LogP contribution in [-0.4, -0.2) is 34.8 Å². The highest BCUT2D eigenvalue weighted by Crippen LogP contribution is 2.13. The predicted molar refractivity (Wildman–Crippen MR) is 104 cm³/mol. The highest BCUT2D eigenvalue weighted by Gasteiger charge is 2.17. The quantitative estimate of drug-likeness (QED) is 0.775. The average molecular weight is 353 g/mol. The monoisotopic (exact) mass is 353 g/mol. The SMILES string of the molecule is CCCN(CCC)C(=O)c1ccnc(C(=O)Nc2ccc(CC)cc2)c1. The van der Waals surface area contributed by atoms with E-state index in [9.17, 15) is 9.59 Å². The number of nitrogens with one attached hydrogen (secondary N) is 1. The Morgan fingerprint density at radius 2 is 1.65 bits per heavy atom. The molecule has 2 aromatic rings. The van der Waals surface area contributed by atoms with E-state index in [0.29, 0.717) is 24.3 Å². The smallest absolute Gasteiger partial charge is 0.274 e. The number of hydrogen-bond donors (Lipinski definition) is 1. The van der Waals surface area contributed by atoms with Crippen molar-refractivity contribution in [1.82, 2.24) is 9.88 Å². The molecule has 0 aliphatic carbocycles. The average Bonchev–Trinajstić information content (AvgIpc) is 2.68. The molecule has 2 amide bonds. The summed E-state index contributed by atoms with van der Waals surface area (Å²) in [6.45, 7) is 7.59. The van der Waals surface area contributed by atoms with E-state index >= 15 is 0 Å². The minimum Gasteiger partial charge on any atom is -0.339 e. The van der Waals surface area contributed by atoms with Gasteiger partial charge in [0.1, 0.15) is 5.69 Å². The highest BCUT2D eigenvalue weighted by molar-refractivity contribution is 6.04. The Hall–Kier alpha value is -2.69. The van der Waals surface area contributed by atoms with Crippen molar-refractivity contribution in [1.29, 1.82) is 0 Å². The molecule has 0 aliphatic heterocycles. The number of benzene rings is 1. The van der Waals surface area contributed by atoms with Crippen LogP contribution in [0.1, 0.15) is 60.0 Å². The molecule has 1 aromatic carbocycles. The molecule has 138 valence electrons. The zero-order chi connectivity index (χ0) is 18.9. The molecule has 1 N–H and O–H groups in total. The second-order valence-electron chi connectivity index (χ2n) is 6.23. The van der Waals surface area contributed by atoms with Gasteiger partial charge in [-0.3, -0.25) is 14.6 Å². The zero-order valence-electron chi connectivity index (χ0n) is 15.8. The lowest BCUT2D eigenvalue weighted by Crippen LogP contribution is -2.32. The normalized spacial score (nSPS) is 10.4. The Morgan fingerprint density at radius 3 is 2.23 bits per heavy atom. The molecular formula is C21H27N3O2. The number of carbonyl (C=O) groups excluding carboxylic acids is 2. The van der Waals surface area contributed by atoms with Crippen LogP contribution >= 0.6 is 0 Å². The summed E-state index contributed by atoms with van der Waals surface area (Å²) < 4.78 is 0. The van der Waals surface area contributed by atoms with Gasteiger partial charge in [0, 0.05) is 30.5 Å². The van der Waals surface area contributed by atoms with Gasteiger partial charge in [-0.15, -0.1) is 0 Å². The van der Waals surface area contributed by atoms with Crippen molar-refractivity contribution in [3.8, 4) is 0 Å². The van der Waals surface area contributed by atoms with Gasteiger partial charge in [-0.05, 0) is 49.1 Å². The number of hydrogen-bond acceptors (Lipinski definition) is 3. The van der Waals surface area contributed by atoms with Crippen LogP contribution in [0.3, 0.4) is 0 Å². The lowest BCUT2D eigenvalue weighted by molar-refractivity contribution is 0.0755. The fourth-order valence-electron chi connectivity index (χ4n) is 2.74. The van der Waals surface area contributed by atoms with Gasteiger partial charge < -0.3 is 10.2 Å². The van der Waals surface area contributed by atoms with Crippen molar-refractivity contribution in [2.24, 2.45) is 0 Å². The third-order valence-corrected chi connectivity index (χ3v) is 4.13. The van der Waals surface area contributed by atoms with Crippen LogP contribution in [0.5, 0.6) is 0 Å². The second-order valence-corrected chi connectivity index (χ2v) is 6.23. The molecule has 0 bridgehead atoms. The van der Waals surface area contributed by atoms with Gasteiger partial charge in [-0.2, -0.15) is 0 Å². The second kappa shape index (κ2) is 9.70. The van der Waals surface area contributed by atoms with E-state index in [4.69, 9.17) is 0 Å². The summed E-state index contributed by atoms with van der Waals surface area (Å²) in [4.78, 5) is 31.1. The Balaban J connectivity index is 2.13. The summed E-state index contributed by atoms with van der Waals surface area (Å²) in [6.07, 6.45) is 4.26. The third kappa shape index (κ3) is 5.15. The topological polar surface area (TPSA) is 62.3 Å². The minimum atomic E-state index is -0.318. The van der Waals surface area contributed by atoms with Crippen LogP contribution in [0.2, 0.25) is 0 Å². The van der Waals surface area contributed by atoms with Crippen molar-refractivity contribution < 1.29 is 9.59 Å². The van der Waals surface area contributed by atoms with E-state index in [2.05, 4.69) is 17.2 Å². The van der Waals surface area contributed by atoms with Crippen LogP contribution < -0.4 is 5.32 Å². The molecular weight excluding hydrogens is 326 g/mol. The standard InChI is InChI=1S/C21H27N3O2/c1-4-13-24(14-5-2)21(26)17-11-12-22-19(15-17)20(25)23-18-9-7-16(6-3)8-10-18/h7-12,15H,4-6,13-14H2,1-3H3,(H,23,25). The molecule has 5 nitrogen and oxygen atoms in total. The van der Waals surface area contributed by atoms with Gasteiger partial charge in [-0.25, -0.2) is 0 Å². The number of carbonyl (C=O) groups is 2. The first-order valence-electron chi connectivity index (χ1n) is 9.24. The summed E-state index contributed by atoms with van der Waals surface area (Å²) in [5, 5.41) is 2.83. The van der Waals surface area contributed by atoms with E-state index < -0.39 is 0 Å². The molecule has 0 radical (unpaired) electrons. The van der Waals surface area contributed by atoms with Crippen LogP contribution in [0.4, 0.5) is 5.69 Å². The number of aromatic nitrogens is 1. The van der Waals surface area contributed by atoms with E-state index in [1.165, 1.54) is 11.8 Å². The first kappa shape index (κ1) is 19.6. The summed E-state index contributed by atoms with van der Waals surface area (Å²) in [5.74, 6) is -0.376. The fourth-order valence-corrected chi connectivity index (χ4v) is 2.74. The van der Waals surface area contributed by atoms with Crippen LogP contribution in [0.15, 0.2) is 42.6 Å². The molecule has 0 spiro atoms. The molecule has 0 aliphatic rings. The highest BCUT2D eigenvalue weighted by atomic mass is 16.2. The number of rotatable bonds is 8. The van der Waals surface area contributed by atoms with Crippen molar-refractivity contribution in [3.63, 3.8) is 0 Å². The lowest BCUT2D eigenvalue weighted by Gasteiger charge is -2.21. The molecule has 1 aromatic heterocycles. The number of nitrogens with zero attached hydrogens (tertiary/aromatic N) is 2. The third-order valence-electron chi connectivity index (χ3n) is 4.13. The van der Waals surface area contributed by atoms with Gasteiger partial charge in [-0.1, -0.05) is 32.9 Å². The van der Waals surface area contributed by atoms with Crippen molar-refractivity contribution >= 4 is 17.5 Å². The lowest BCUT2D eigenvalue weighted by atomic mass is 10.1. The van der Waals surface area contributed by atoms with Gasteiger partial charge in [0.2, 0.25) is 0 Å². The zero-order valence-corrected chi connectivity index (χ0v) is 15.8. The first-order valence-corrected chi connectivity index (χ1v) is 9.24. The maximum atomic E-state index is 12.7. The van der Waals surface area contributed by atoms with Gasteiger partial charge >= 0.3 is 0 Å². The van der Waals surface area contributed by atoms with E-state index in [1.807, 2.05) is 43.0 Å². The van der Waals surface area contributed by atoms with Crippen molar-refractivity contribution in [3.05, 3.63) is 59.4 Å². The summed E-state index contributed by atoms with van der Waals surface area (Å²) >= 11 is 0. The Kier molecular flexibility index (Phi) is 7.33. The number of amides is 2. The number of aryl methyl sites for hydroxylation is 1. The molecule has 5 heteroatoms. The van der Waals surface area contributed by atoms with Gasteiger partial charge in [0.15, 0.2) is 0 Å². The molecule has 0 fully saturated rings. The summed E-state index contributed by atoms with van der Waals surface area (Å²) in [5.41, 5.74) is 2.65. The van der Waals surface area contributed by atoms with E-state index in [0.717, 1.165) is 19.3 Å². The fraction of sp³-hybridized carbons (Fsp3) is 0.381. The van der Waals surface area contributed by atoms with Crippen molar-refractivity contribution in [2.75, 3.05) is 18.4 Å². The van der Waals surface area contributed by atoms with Crippen LogP contribution in [-0.2, 0) is 6.42 Å². The minimum absolute atomic E-state index is 0.0579. The van der Waals surface area contributed by atoms with Crippen LogP contribution in [0.25, 0.3) is 0 Å². The summed E-state index contributed by atoms with van der Waals surface area (Å²) in [7, 11) is 0. The van der Waals surface area contributed by atoms with Crippen LogP contribution in [0, 0.1) is 0 Å². The molecule has 2 rings (SSSR count). The first-order chi connectivity index (χ1) is 12.6. The largest absolute Gasteiger partial charge is 0.339 e. The molecule has 26 heavy (non-hydrogen) atoms. The Bertz CT molecular complexity index is 735. The van der Waals surface area contributed by atoms with Gasteiger partial charge in [0.05, 0.1) is 0 Å². The predicted octanol–water partition coefficient (Wildman–Crippen LogP) is 4.16. The molecule has 0 atom stereocenters. The van der Waals surface area contributed by atoms with E-state index in [1.54, 1.807) is 12.1 Å². The maximum absolute atomic E-state index is 12.7. The maximum Gasteiger partial charge on any atom is 0.274 e. The number of anilines is 1. The van der Waals surface area contributed by atoms with E-state index in [-0.39, 0.29) is 17.5 Å². The van der Waals surface area contributed by atoms with Crippen molar-refractivity contribution in [2.45, 2.75) is 40.0 Å². The molecule has 0 saturated carbocycles. The molecule has 0 unspecified atom stereocenters. The Morgan fingerprint density at radius 1 is 1.00 bits per heavy atom.